The highest BCUT2D eigenvalue weighted by molar-refractivity contribution is 6.06. The third-order valence-corrected chi connectivity index (χ3v) is 10.4. The largest absolute Gasteiger partial charge is 0.490 e. The van der Waals surface area contributed by atoms with Crippen molar-refractivity contribution in [1.82, 2.24) is 34.5 Å². The van der Waals surface area contributed by atoms with Crippen LogP contribution < -0.4 is 20.7 Å². The second-order valence-electron chi connectivity index (χ2n) is 14.7. The molecule has 4 aromatic rings. The van der Waals surface area contributed by atoms with E-state index in [1.165, 1.54) is 18.2 Å². The number of ether oxygens (including phenoxy) is 1. The summed E-state index contributed by atoms with van der Waals surface area (Å²) in [5, 5.41) is 8.13. The second-order valence-corrected chi connectivity index (χ2v) is 14.7. The molecule has 0 saturated carbocycles. The highest BCUT2D eigenvalue weighted by Crippen LogP contribution is 2.32. The van der Waals surface area contributed by atoms with E-state index in [4.69, 9.17) is 9.72 Å². The summed E-state index contributed by atoms with van der Waals surface area (Å²) in [7, 11) is 0. The van der Waals surface area contributed by atoms with Gasteiger partial charge in [-0.2, -0.15) is 0 Å². The Labute approximate surface area is 317 Å². The van der Waals surface area contributed by atoms with Crippen molar-refractivity contribution < 1.29 is 32.7 Å². The predicted octanol–water partition coefficient (Wildman–Crippen LogP) is 4.90. The molecular formula is C39H45F2N9O5. The van der Waals surface area contributed by atoms with Gasteiger partial charge in [0.15, 0.2) is 0 Å². The summed E-state index contributed by atoms with van der Waals surface area (Å²) < 4.78 is 34.1. The smallest absolute Gasteiger partial charge is 0.280 e. The first kappa shape index (κ1) is 37.8. The van der Waals surface area contributed by atoms with Gasteiger partial charge in [0.2, 0.25) is 17.7 Å². The molecule has 1 atom stereocenters. The Hall–Kier alpha value is -5.51. The molecule has 0 bridgehead atoms. The maximum Gasteiger partial charge on any atom is 0.280 e. The van der Waals surface area contributed by atoms with Crippen LogP contribution in [0, 0.1) is 0 Å². The van der Waals surface area contributed by atoms with E-state index in [0.717, 1.165) is 55.8 Å². The van der Waals surface area contributed by atoms with Crippen molar-refractivity contribution in [2.45, 2.75) is 82.8 Å². The Morgan fingerprint density at radius 3 is 2.38 bits per heavy atom. The number of imidazole rings is 1. The summed E-state index contributed by atoms with van der Waals surface area (Å²) >= 11 is 0. The lowest BCUT2D eigenvalue weighted by molar-refractivity contribution is -0.134. The summed E-state index contributed by atoms with van der Waals surface area (Å²) in [6, 6.07) is 9.23. The van der Waals surface area contributed by atoms with Crippen LogP contribution in [0.2, 0.25) is 0 Å². The third kappa shape index (κ3) is 9.07. The number of imide groups is 1. The number of carbonyl (C=O) groups is 4. The minimum Gasteiger partial charge on any atom is -0.490 e. The zero-order chi connectivity index (χ0) is 38.6. The van der Waals surface area contributed by atoms with E-state index in [0.29, 0.717) is 43.9 Å². The number of amides is 4. The van der Waals surface area contributed by atoms with Crippen molar-refractivity contribution in [3.8, 4) is 5.75 Å². The van der Waals surface area contributed by atoms with Crippen molar-refractivity contribution in [2.24, 2.45) is 0 Å². The summed E-state index contributed by atoms with van der Waals surface area (Å²) in [5.41, 5.74) is 2.99. The van der Waals surface area contributed by atoms with Crippen LogP contribution >= 0.6 is 0 Å². The fourth-order valence-corrected chi connectivity index (χ4v) is 7.45. The van der Waals surface area contributed by atoms with Gasteiger partial charge in [-0.3, -0.25) is 34.4 Å². The first-order chi connectivity index (χ1) is 26.5. The molecule has 0 aromatic carbocycles. The first-order valence-corrected chi connectivity index (χ1v) is 18.8. The number of anilines is 2. The van der Waals surface area contributed by atoms with E-state index >= 15 is 0 Å². The lowest BCUT2D eigenvalue weighted by atomic mass is 9.92. The minimum absolute atomic E-state index is 0.0120. The second kappa shape index (κ2) is 16.5. The third-order valence-electron chi connectivity index (χ3n) is 10.4. The van der Waals surface area contributed by atoms with Gasteiger partial charge in [-0.05, 0) is 83.3 Å². The van der Waals surface area contributed by atoms with Crippen molar-refractivity contribution in [1.29, 1.82) is 0 Å². The molecule has 3 N–H and O–H groups in total. The molecule has 3 aliphatic heterocycles. The van der Waals surface area contributed by atoms with Crippen LogP contribution in [0.25, 0.3) is 5.65 Å². The van der Waals surface area contributed by atoms with Crippen LogP contribution in [0.1, 0.15) is 98.1 Å². The maximum atomic E-state index is 13.4. The molecule has 1 unspecified atom stereocenters. The van der Waals surface area contributed by atoms with E-state index in [1.54, 1.807) is 22.9 Å². The van der Waals surface area contributed by atoms with Crippen LogP contribution in [-0.2, 0) is 14.4 Å². The zero-order valence-corrected chi connectivity index (χ0v) is 30.8. The summed E-state index contributed by atoms with van der Waals surface area (Å²) in [6.45, 7) is 6.91. The van der Waals surface area contributed by atoms with Crippen LogP contribution in [0.5, 0.6) is 5.75 Å². The topological polar surface area (TPSA) is 163 Å². The van der Waals surface area contributed by atoms with E-state index in [-0.39, 0.29) is 47.0 Å². The van der Waals surface area contributed by atoms with Crippen LogP contribution in [0.15, 0.2) is 55.0 Å². The molecule has 0 spiro atoms. The summed E-state index contributed by atoms with van der Waals surface area (Å²) in [4.78, 5) is 67.7. The summed E-state index contributed by atoms with van der Waals surface area (Å²) in [5.74, 6) is -0.237. The number of likely N-dealkylation sites (tertiary alicyclic amines) is 2. The Morgan fingerprint density at radius 1 is 0.945 bits per heavy atom. The lowest BCUT2D eigenvalue weighted by Crippen LogP contribution is -2.47. The number of fused-ring (bicyclic) bond motifs is 1. The fraction of sp³-hybridized carbons (Fsp3) is 0.462. The van der Waals surface area contributed by atoms with Crippen LogP contribution in [0.4, 0.5) is 20.3 Å². The maximum absolute atomic E-state index is 13.4. The Balaban J connectivity index is 0.905. The van der Waals surface area contributed by atoms with Crippen LogP contribution in [0.3, 0.4) is 0 Å². The van der Waals surface area contributed by atoms with Crippen molar-refractivity contribution in [3.05, 3.63) is 77.6 Å². The van der Waals surface area contributed by atoms with Crippen molar-refractivity contribution in [2.75, 3.05) is 43.4 Å². The number of piperidine rings is 3. The zero-order valence-electron chi connectivity index (χ0n) is 30.8. The molecule has 0 radical (unpaired) electrons. The monoisotopic (exact) mass is 757 g/mol. The molecule has 4 aromatic heterocycles. The molecule has 7 heterocycles. The van der Waals surface area contributed by atoms with E-state index in [9.17, 15) is 28.0 Å². The molecule has 14 nitrogen and oxygen atoms in total. The average Bonchev–Trinajstić information content (AvgIpc) is 3.59. The number of alkyl halides is 2. The number of hydrogen-bond acceptors (Lipinski definition) is 10. The van der Waals surface area contributed by atoms with Gasteiger partial charge in [0.1, 0.15) is 29.0 Å². The normalized spacial score (nSPS) is 18.9. The number of nitrogens with one attached hydrogen (secondary N) is 3. The first-order valence-electron chi connectivity index (χ1n) is 18.8. The molecule has 3 saturated heterocycles. The Bertz CT molecular complexity index is 2040. The number of carbonyl (C=O) groups excluding carboxylic acids is 4. The van der Waals surface area contributed by atoms with Gasteiger partial charge in [-0.15, -0.1) is 0 Å². The molecule has 290 valence electrons. The molecule has 3 fully saturated rings. The minimum atomic E-state index is -2.76. The molecule has 4 amide bonds. The predicted molar refractivity (Wildman–Crippen MR) is 199 cm³/mol. The SMILES string of the molecule is CC(C)Oc1cc2nc(C3CCN(C(=O)CN4CCC(c5ccc(NC6CCC(=O)NC6=O)cn5)CC4)CC3)cn2cc1C(=O)Nc1cccc(C(F)F)n1. The van der Waals surface area contributed by atoms with Gasteiger partial charge in [-0.1, -0.05) is 6.07 Å². The quantitative estimate of drug-likeness (QED) is 0.179. The van der Waals surface area contributed by atoms with Gasteiger partial charge < -0.3 is 24.7 Å². The lowest BCUT2D eigenvalue weighted by Gasteiger charge is -2.35. The number of pyridine rings is 3. The highest BCUT2D eigenvalue weighted by atomic mass is 19.3. The average molecular weight is 758 g/mol. The highest BCUT2D eigenvalue weighted by Gasteiger charge is 2.30. The standard InChI is InChI=1S/C39H45F2N9O5/c1-23(2)55-32-18-34-45-31(21-50(34)20-27(32)38(53)46-33-5-3-4-29(44-33)37(40)41)25-12-16-49(17-13-25)36(52)22-48-14-10-24(11-15-48)28-7-6-26(19-42-28)43-30-8-9-35(51)47-39(30)54/h3-7,18-21,23-25,30,37,43H,8-17,22H2,1-2H3,(H,44,46,53)(H,47,51,54). The number of aromatic nitrogens is 4. The molecule has 0 aliphatic carbocycles. The van der Waals surface area contributed by atoms with Gasteiger partial charge in [-0.25, -0.2) is 18.7 Å². The van der Waals surface area contributed by atoms with Gasteiger partial charge in [0.05, 0.1) is 35.8 Å². The van der Waals surface area contributed by atoms with Gasteiger partial charge >= 0.3 is 0 Å². The molecule has 55 heavy (non-hydrogen) atoms. The molecule has 3 aliphatic rings. The van der Waals surface area contributed by atoms with Crippen LogP contribution in [-0.4, -0.2) is 97.7 Å². The summed E-state index contributed by atoms with van der Waals surface area (Å²) in [6.07, 6.45) is 6.33. The molecule has 7 rings (SSSR count). The van der Waals surface area contributed by atoms with E-state index < -0.39 is 24.1 Å². The number of halogens is 2. The van der Waals surface area contributed by atoms with E-state index in [1.807, 2.05) is 37.1 Å². The molecule has 16 heteroatoms. The Kier molecular flexibility index (Phi) is 11.3. The number of nitrogens with zero attached hydrogens (tertiary/aromatic N) is 6. The number of rotatable bonds is 11. The van der Waals surface area contributed by atoms with Gasteiger partial charge in [0.25, 0.3) is 12.3 Å². The van der Waals surface area contributed by atoms with Crippen molar-refractivity contribution >= 4 is 40.8 Å². The van der Waals surface area contributed by atoms with Crippen molar-refractivity contribution in [3.63, 3.8) is 0 Å². The van der Waals surface area contributed by atoms with E-state index in [2.05, 4.69) is 30.8 Å². The molecular weight excluding hydrogens is 712 g/mol. The number of hydrogen-bond donors (Lipinski definition) is 3. The van der Waals surface area contributed by atoms with Gasteiger partial charge in [0, 0.05) is 55.5 Å². The fourth-order valence-electron chi connectivity index (χ4n) is 7.45. The Morgan fingerprint density at radius 2 is 1.69 bits per heavy atom.